The van der Waals surface area contributed by atoms with Crippen LogP contribution in [0, 0.1) is 34.1 Å². The van der Waals surface area contributed by atoms with Crippen LogP contribution in [-0.2, 0) is 41.9 Å². The van der Waals surface area contributed by atoms with Gasteiger partial charge >= 0.3 is 12.4 Å². The molecule has 18 nitrogen and oxygen atoms in total. The Morgan fingerprint density at radius 3 is 1.53 bits per heavy atom. The summed E-state index contributed by atoms with van der Waals surface area (Å²) in [5.41, 5.74) is -4.63. The van der Waals surface area contributed by atoms with Crippen LogP contribution in [-0.4, -0.2) is 75.2 Å². The number of alkyl halides is 6. The number of pyridine rings is 2. The van der Waals surface area contributed by atoms with Gasteiger partial charge in [-0.1, -0.05) is 46.4 Å². The number of ether oxygens (including phenoxy) is 2. The lowest BCUT2D eigenvalue weighted by atomic mass is 10.0. The second kappa shape index (κ2) is 23.1. The van der Waals surface area contributed by atoms with E-state index in [0.29, 0.717) is 31.9 Å². The topological polar surface area (TPSA) is 243 Å². The number of aliphatic hydroxyl groups excluding tert-OH is 1. The average molecular weight is 1160 g/mol. The molecule has 30 heteroatoms. The molecule has 0 aliphatic heterocycles. The number of benzene rings is 4. The number of sulfonamides is 2. The molecule has 0 radical (unpaired) electrons. The summed E-state index contributed by atoms with van der Waals surface area (Å²) in [6, 6.07) is 13.1. The Morgan fingerprint density at radius 2 is 1.07 bits per heavy atom. The summed E-state index contributed by atoms with van der Waals surface area (Å²) in [4.78, 5) is 40.9. The van der Waals surface area contributed by atoms with E-state index < -0.39 is 116 Å². The molecule has 4 aromatic carbocycles. The fraction of sp³-hybridized carbons (Fsp3) is 0.205. The van der Waals surface area contributed by atoms with Gasteiger partial charge in [0.1, 0.15) is 25.3 Å². The Balaban J connectivity index is 0.000000274. The first kappa shape index (κ1) is 58.7. The molecule has 6 rings (SSSR count). The first-order valence-corrected chi connectivity index (χ1v) is 24.6. The third-order valence-electron chi connectivity index (χ3n) is 10.1. The van der Waals surface area contributed by atoms with Crippen LogP contribution in [0.5, 0.6) is 0 Å². The molecule has 0 aliphatic carbocycles. The van der Waals surface area contributed by atoms with Crippen LogP contribution in [0.15, 0.2) is 107 Å². The maximum atomic E-state index is 13.6. The van der Waals surface area contributed by atoms with Crippen LogP contribution >= 0.6 is 46.4 Å². The van der Waals surface area contributed by atoms with Gasteiger partial charge in [-0.3, -0.25) is 35.0 Å². The first-order chi connectivity index (χ1) is 34.4. The molecule has 74 heavy (non-hydrogen) atoms. The highest BCUT2D eigenvalue weighted by Gasteiger charge is 2.39. The monoisotopic (exact) mass is 1160 g/mol. The molecular formula is C44H34Cl4F6N6O12S2. The molecule has 394 valence electrons. The fourth-order valence-electron chi connectivity index (χ4n) is 6.61. The number of nitro benzene ring substituents is 2. The van der Waals surface area contributed by atoms with Gasteiger partial charge in [0.15, 0.2) is 0 Å². The largest absolute Gasteiger partial charge is 0.417 e. The van der Waals surface area contributed by atoms with E-state index in [1.807, 2.05) is 0 Å². The van der Waals surface area contributed by atoms with Gasteiger partial charge in [0, 0.05) is 67.0 Å². The summed E-state index contributed by atoms with van der Waals surface area (Å²) in [7, 11) is -7.24. The zero-order valence-corrected chi connectivity index (χ0v) is 42.6. The zero-order chi connectivity index (χ0) is 55.4. The summed E-state index contributed by atoms with van der Waals surface area (Å²) < 4.78 is 146. The van der Waals surface area contributed by atoms with E-state index in [0.717, 1.165) is 68.8 Å². The Labute approximate surface area is 436 Å². The predicted octanol–water partition coefficient (Wildman–Crippen LogP) is 11.2. The number of nitro groups is 2. The van der Waals surface area contributed by atoms with E-state index in [-0.39, 0.29) is 38.2 Å². The van der Waals surface area contributed by atoms with Crippen molar-refractivity contribution in [1.82, 2.24) is 9.97 Å². The number of hydrogen-bond donors (Lipinski definition) is 1. The number of hydrogen-bond acceptors (Lipinski definition) is 14. The second-order valence-electron chi connectivity index (χ2n) is 15.2. The van der Waals surface area contributed by atoms with Crippen molar-refractivity contribution in [3.63, 3.8) is 0 Å². The van der Waals surface area contributed by atoms with Crippen molar-refractivity contribution in [2.45, 2.75) is 42.1 Å². The Morgan fingerprint density at radius 1 is 0.649 bits per heavy atom. The lowest BCUT2D eigenvalue weighted by Crippen LogP contribution is -2.34. The smallest absolute Gasteiger partial charge is 0.382 e. The Kier molecular flexibility index (Phi) is 18.3. The minimum Gasteiger partial charge on any atom is -0.382 e. The summed E-state index contributed by atoms with van der Waals surface area (Å²) in [5.74, 6) is -0.966. The fourth-order valence-corrected chi connectivity index (χ4v) is 10.3. The van der Waals surface area contributed by atoms with E-state index >= 15 is 0 Å². The van der Waals surface area contributed by atoms with E-state index in [1.165, 1.54) is 37.5 Å². The molecule has 0 fully saturated rings. The van der Waals surface area contributed by atoms with Crippen LogP contribution in [0.1, 0.15) is 55.7 Å². The summed E-state index contributed by atoms with van der Waals surface area (Å²) in [6.07, 6.45) is -9.09. The number of ketones is 1. The lowest BCUT2D eigenvalue weighted by molar-refractivity contribution is -0.385. The third-order valence-corrected chi connectivity index (χ3v) is 14.9. The molecule has 6 aromatic rings. The number of carbonyl (C=O) groups is 1. The maximum absolute atomic E-state index is 13.6. The van der Waals surface area contributed by atoms with E-state index in [4.69, 9.17) is 55.9 Å². The number of non-ortho nitro benzene ring substituents is 2. The number of halogens is 10. The van der Waals surface area contributed by atoms with Crippen molar-refractivity contribution in [3.8, 4) is 0 Å². The summed E-state index contributed by atoms with van der Waals surface area (Å²) in [5, 5.41) is 31.8. The van der Waals surface area contributed by atoms with Gasteiger partial charge < -0.3 is 14.6 Å². The van der Waals surface area contributed by atoms with Crippen molar-refractivity contribution < 1.29 is 72.4 Å². The van der Waals surface area contributed by atoms with E-state index in [2.05, 4.69) is 9.97 Å². The van der Waals surface area contributed by atoms with E-state index in [1.54, 1.807) is 6.92 Å². The van der Waals surface area contributed by atoms with Crippen LogP contribution in [0.4, 0.5) is 49.1 Å². The van der Waals surface area contributed by atoms with Gasteiger partial charge in [0.05, 0.1) is 62.9 Å². The zero-order valence-electron chi connectivity index (χ0n) is 37.9. The van der Waals surface area contributed by atoms with Crippen molar-refractivity contribution in [3.05, 3.63) is 182 Å². The molecule has 0 spiro atoms. The highest BCUT2D eigenvalue weighted by molar-refractivity contribution is 7.93. The quantitative estimate of drug-likeness (QED) is 0.0312. The molecule has 0 amide bonds. The van der Waals surface area contributed by atoms with Gasteiger partial charge in [-0.25, -0.2) is 25.4 Å². The molecule has 2 heterocycles. The number of anilines is 2. The van der Waals surface area contributed by atoms with Crippen molar-refractivity contribution in [2.75, 3.05) is 36.3 Å². The number of nitrogens with zero attached hydrogens (tertiary/aromatic N) is 6. The highest BCUT2D eigenvalue weighted by atomic mass is 35.5. The lowest BCUT2D eigenvalue weighted by Gasteiger charge is -2.27. The van der Waals surface area contributed by atoms with Gasteiger partial charge in [0.2, 0.25) is 5.78 Å². The molecule has 1 unspecified atom stereocenters. The first-order valence-electron chi connectivity index (χ1n) is 20.2. The standard InChI is InChI=1S/C22H18Cl2F3N3O6S.C22H16Cl2F3N3O6S/c2*1-12-7-19(20(28-10-12)21(31)15-8-13(30(32)33)3-5-17(15)23)29(11-36-2)37(34,35)14-4-6-18(24)16(9-14)22(25,26)27/h3-10,21,31H,11H2,1-2H3;3-10H,11H2,1-2H3. The third kappa shape index (κ3) is 13.0. The minimum atomic E-state index is -4.94. The SMILES string of the molecule is COCN(c1cc(C)cnc1C(=O)c1cc([N+](=O)[O-])ccc1Cl)S(=O)(=O)c1ccc(Cl)c(C(F)(F)F)c1.COCN(c1cc(C)cnc1C(O)c1cc([N+](=O)[O-])ccc1Cl)S(=O)(=O)c1ccc(Cl)c(C(F)(F)F)c1. The van der Waals surface area contributed by atoms with Crippen molar-refractivity contribution in [2.24, 2.45) is 0 Å². The van der Waals surface area contributed by atoms with Crippen LogP contribution in [0.3, 0.4) is 0 Å². The Hall–Kier alpha value is -6.23. The molecule has 0 aliphatic rings. The van der Waals surface area contributed by atoms with Crippen LogP contribution < -0.4 is 8.61 Å². The number of aliphatic hydroxyl groups is 1. The summed E-state index contributed by atoms with van der Waals surface area (Å²) in [6.45, 7) is 1.70. The van der Waals surface area contributed by atoms with Crippen molar-refractivity contribution >= 4 is 95.0 Å². The van der Waals surface area contributed by atoms with Gasteiger partial charge in [0.25, 0.3) is 31.4 Å². The van der Waals surface area contributed by atoms with Crippen LogP contribution in [0.2, 0.25) is 20.1 Å². The van der Waals surface area contributed by atoms with E-state index in [9.17, 15) is 73.3 Å². The average Bonchev–Trinajstić information content (AvgIpc) is 3.31. The molecule has 0 saturated heterocycles. The number of carbonyl (C=O) groups excluding carboxylic acids is 1. The Bertz CT molecular complexity index is 3400. The maximum Gasteiger partial charge on any atom is 0.417 e. The van der Waals surface area contributed by atoms with Gasteiger partial charge in [-0.05, 0) is 85.6 Å². The molecule has 1 atom stereocenters. The van der Waals surface area contributed by atoms with Crippen molar-refractivity contribution in [1.29, 1.82) is 0 Å². The van der Waals surface area contributed by atoms with Crippen LogP contribution in [0.25, 0.3) is 0 Å². The number of rotatable bonds is 16. The van der Waals surface area contributed by atoms with Gasteiger partial charge in [-0.15, -0.1) is 0 Å². The number of aryl methyl sites for hydroxylation is 2. The van der Waals surface area contributed by atoms with Gasteiger partial charge in [-0.2, -0.15) is 26.3 Å². The molecule has 0 saturated carbocycles. The molecule has 2 aromatic heterocycles. The normalized spacial score (nSPS) is 12.4. The number of methoxy groups -OCH3 is 2. The molecular weight excluding hydrogens is 1120 g/mol. The second-order valence-corrected chi connectivity index (χ2v) is 20.6. The minimum absolute atomic E-state index is 0.0694. The molecule has 0 bridgehead atoms. The highest BCUT2D eigenvalue weighted by Crippen LogP contribution is 2.41. The molecule has 1 N–H and O–H groups in total. The summed E-state index contributed by atoms with van der Waals surface area (Å²) >= 11 is 23.5. The number of aromatic nitrogens is 2. The predicted molar refractivity (Wildman–Crippen MR) is 258 cm³/mol.